The SMILES string of the molecule is FC(F)C1=[C]SCCO1. The first-order valence-corrected chi connectivity index (χ1v) is 3.45. The maximum Gasteiger partial charge on any atom is 0.295 e. The summed E-state index contributed by atoms with van der Waals surface area (Å²) in [6, 6.07) is 0. The van der Waals surface area contributed by atoms with E-state index >= 15 is 0 Å². The fourth-order valence-electron chi connectivity index (χ4n) is 0.452. The third kappa shape index (κ3) is 1.86. The summed E-state index contributed by atoms with van der Waals surface area (Å²) in [7, 11) is 0. The third-order valence-electron chi connectivity index (χ3n) is 0.814. The topological polar surface area (TPSA) is 9.23 Å². The molecule has 0 unspecified atom stereocenters. The maximum atomic E-state index is 11.7. The number of hydrogen-bond donors (Lipinski definition) is 0. The van der Waals surface area contributed by atoms with Gasteiger partial charge in [-0.1, -0.05) is 0 Å². The van der Waals surface area contributed by atoms with Crippen molar-refractivity contribution in [2.75, 3.05) is 12.4 Å². The fourth-order valence-corrected chi connectivity index (χ4v) is 1.01. The van der Waals surface area contributed by atoms with Crippen LogP contribution in [0.3, 0.4) is 0 Å². The van der Waals surface area contributed by atoms with Crippen molar-refractivity contribution in [2.45, 2.75) is 6.43 Å². The van der Waals surface area contributed by atoms with Gasteiger partial charge in [0.15, 0.2) is 5.76 Å². The molecule has 1 radical (unpaired) electrons. The van der Waals surface area contributed by atoms with Gasteiger partial charge in [0.2, 0.25) is 0 Å². The molecule has 0 aromatic rings. The average molecular weight is 151 g/mol. The minimum absolute atomic E-state index is 0.314. The summed E-state index contributed by atoms with van der Waals surface area (Å²) in [4.78, 5) is 0. The van der Waals surface area contributed by atoms with E-state index in [4.69, 9.17) is 0 Å². The molecule has 0 amide bonds. The van der Waals surface area contributed by atoms with Crippen LogP contribution in [-0.4, -0.2) is 18.8 Å². The largest absolute Gasteiger partial charge is 0.490 e. The Bertz CT molecular complexity index is 124. The van der Waals surface area contributed by atoms with E-state index in [0.29, 0.717) is 6.61 Å². The van der Waals surface area contributed by atoms with Crippen LogP contribution in [-0.2, 0) is 4.74 Å². The zero-order valence-corrected chi connectivity index (χ0v) is 5.38. The van der Waals surface area contributed by atoms with Gasteiger partial charge >= 0.3 is 0 Å². The molecule has 51 valence electrons. The number of alkyl halides is 2. The van der Waals surface area contributed by atoms with Crippen molar-refractivity contribution in [1.82, 2.24) is 0 Å². The van der Waals surface area contributed by atoms with E-state index in [1.807, 2.05) is 0 Å². The molecule has 1 nitrogen and oxygen atoms in total. The van der Waals surface area contributed by atoms with Crippen molar-refractivity contribution in [1.29, 1.82) is 0 Å². The zero-order valence-electron chi connectivity index (χ0n) is 4.56. The van der Waals surface area contributed by atoms with Crippen LogP contribution in [0.1, 0.15) is 0 Å². The lowest BCUT2D eigenvalue weighted by Crippen LogP contribution is -2.08. The van der Waals surface area contributed by atoms with E-state index in [1.54, 1.807) is 0 Å². The van der Waals surface area contributed by atoms with Crippen LogP contribution in [0, 0.1) is 5.41 Å². The van der Waals surface area contributed by atoms with Crippen LogP contribution in [0.25, 0.3) is 0 Å². The Hall–Kier alpha value is -0.250. The van der Waals surface area contributed by atoms with E-state index in [0.717, 1.165) is 5.75 Å². The smallest absolute Gasteiger partial charge is 0.295 e. The molecule has 1 aliphatic heterocycles. The Labute approximate surface area is 56.1 Å². The Morgan fingerprint density at radius 1 is 1.67 bits per heavy atom. The number of allylic oxidation sites excluding steroid dienone is 1. The molecule has 0 aliphatic carbocycles. The van der Waals surface area contributed by atoms with Crippen LogP contribution >= 0.6 is 11.8 Å². The monoisotopic (exact) mass is 151 g/mol. The summed E-state index contributed by atoms with van der Waals surface area (Å²) < 4.78 is 27.9. The predicted octanol–water partition coefficient (Wildman–Crippen LogP) is 1.66. The predicted molar refractivity (Wildman–Crippen MR) is 31.2 cm³/mol. The van der Waals surface area contributed by atoms with Crippen molar-refractivity contribution in [3.8, 4) is 0 Å². The summed E-state index contributed by atoms with van der Waals surface area (Å²) in [5.41, 5.74) is 0. The van der Waals surface area contributed by atoms with Gasteiger partial charge in [-0.15, -0.1) is 11.8 Å². The minimum Gasteiger partial charge on any atom is -0.490 e. The zero-order chi connectivity index (χ0) is 6.69. The molecule has 1 rings (SSSR count). The van der Waals surface area contributed by atoms with Gasteiger partial charge in [-0.3, -0.25) is 0 Å². The first-order valence-electron chi connectivity index (χ1n) is 2.46. The number of hydrogen-bond acceptors (Lipinski definition) is 2. The molecule has 0 bridgehead atoms. The lowest BCUT2D eigenvalue weighted by Gasteiger charge is -2.11. The summed E-state index contributed by atoms with van der Waals surface area (Å²) in [6.45, 7) is 0.372. The summed E-state index contributed by atoms with van der Waals surface area (Å²) in [6.07, 6.45) is -2.50. The average Bonchev–Trinajstić information content (AvgIpc) is 1.90. The van der Waals surface area contributed by atoms with Crippen molar-refractivity contribution in [2.24, 2.45) is 0 Å². The lowest BCUT2D eigenvalue weighted by molar-refractivity contribution is 0.0866. The van der Waals surface area contributed by atoms with Crippen LogP contribution in [0.15, 0.2) is 5.76 Å². The van der Waals surface area contributed by atoms with E-state index in [9.17, 15) is 8.78 Å². The highest BCUT2D eigenvalue weighted by atomic mass is 32.2. The van der Waals surface area contributed by atoms with E-state index in [1.165, 1.54) is 11.8 Å². The molecule has 0 spiro atoms. The molecule has 0 N–H and O–H groups in total. The van der Waals surface area contributed by atoms with Gasteiger partial charge in [-0.25, -0.2) is 8.78 Å². The molecule has 0 atom stereocenters. The lowest BCUT2D eigenvalue weighted by atomic mass is 10.6. The highest BCUT2D eigenvalue weighted by Gasteiger charge is 2.15. The molecule has 1 heterocycles. The molecule has 0 saturated carbocycles. The standard InChI is InChI=1S/C5H5F2OS/c6-5(7)4-3-9-2-1-8-4/h5H,1-2H2. The van der Waals surface area contributed by atoms with Crippen LogP contribution in [0.5, 0.6) is 0 Å². The van der Waals surface area contributed by atoms with Gasteiger partial charge in [-0.05, 0) is 0 Å². The van der Waals surface area contributed by atoms with E-state index < -0.39 is 6.43 Å². The highest BCUT2D eigenvalue weighted by molar-refractivity contribution is 8.00. The van der Waals surface area contributed by atoms with Crippen molar-refractivity contribution in [3.63, 3.8) is 0 Å². The number of ether oxygens (including phenoxy) is 1. The summed E-state index contributed by atoms with van der Waals surface area (Å²) in [5.74, 6) is 0.405. The van der Waals surface area contributed by atoms with Crippen LogP contribution in [0.2, 0.25) is 0 Å². The third-order valence-corrected chi connectivity index (χ3v) is 1.53. The maximum absolute atomic E-state index is 11.7. The Morgan fingerprint density at radius 3 is 2.78 bits per heavy atom. The fraction of sp³-hybridized carbons (Fsp3) is 0.600. The molecular formula is C5H5F2OS. The van der Waals surface area contributed by atoms with Gasteiger partial charge in [0.05, 0.1) is 12.0 Å². The summed E-state index contributed by atoms with van der Waals surface area (Å²) in [5, 5.41) is 2.38. The Balaban J connectivity index is 2.46. The van der Waals surface area contributed by atoms with Crippen LogP contribution in [0.4, 0.5) is 8.78 Å². The van der Waals surface area contributed by atoms with Crippen molar-refractivity contribution in [3.05, 3.63) is 11.2 Å². The van der Waals surface area contributed by atoms with Crippen LogP contribution < -0.4 is 0 Å². The molecular weight excluding hydrogens is 146 g/mol. The van der Waals surface area contributed by atoms with Gasteiger partial charge in [-0.2, -0.15) is 0 Å². The second-order valence-corrected chi connectivity index (χ2v) is 2.36. The number of thioether (sulfide) groups is 1. The second-order valence-electron chi connectivity index (χ2n) is 1.46. The first kappa shape index (κ1) is 6.86. The molecule has 4 heteroatoms. The van der Waals surface area contributed by atoms with Gasteiger partial charge in [0, 0.05) is 5.75 Å². The van der Waals surface area contributed by atoms with E-state index in [-0.39, 0.29) is 5.76 Å². The molecule has 0 fully saturated rings. The quantitative estimate of drug-likeness (QED) is 0.563. The Morgan fingerprint density at radius 2 is 2.44 bits per heavy atom. The van der Waals surface area contributed by atoms with Gasteiger partial charge in [0.1, 0.15) is 0 Å². The summed E-state index contributed by atoms with van der Waals surface area (Å²) >= 11 is 1.24. The second kappa shape index (κ2) is 3.06. The first-order chi connectivity index (χ1) is 4.30. The molecule has 0 saturated heterocycles. The highest BCUT2D eigenvalue weighted by Crippen LogP contribution is 2.18. The minimum atomic E-state index is -2.50. The van der Waals surface area contributed by atoms with E-state index in [2.05, 4.69) is 10.1 Å². The van der Waals surface area contributed by atoms with Gasteiger partial charge < -0.3 is 4.74 Å². The molecule has 9 heavy (non-hydrogen) atoms. The normalized spacial score (nSPS) is 19.2. The molecule has 0 aromatic carbocycles. The molecule has 0 aromatic heterocycles. The van der Waals surface area contributed by atoms with Crippen molar-refractivity contribution < 1.29 is 13.5 Å². The molecule has 1 aliphatic rings. The number of rotatable bonds is 1. The Kier molecular flexibility index (Phi) is 2.33. The van der Waals surface area contributed by atoms with Crippen molar-refractivity contribution >= 4 is 11.8 Å². The number of halogens is 2. The van der Waals surface area contributed by atoms with Gasteiger partial charge in [0.25, 0.3) is 6.43 Å².